The Balaban J connectivity index is 1.35. The fraction of sp³-hybridized carbons (Fsp3) is 0.562. The molecule has 0 N–H and O–H groups in total. The fourth-order valence-corrected chi connectivity index (χ4v) is 5.97. The Labute approximate surface area is 208 Å². The van der Waals surface area contributed by atoms with Gasteiger partial charge in [0.25, 0.3) is 0 Å². The van der Waals surface area contributed by atoms with E-state index in [2.05, 4.69) is 88.1 Å². The van der Waals surface area contributed by atoms with Crippen molar-refractivity contribution in [2.45, 2.75) is 79.7 Å². The first-order valence-corrected chi connectivity index (χ1v) is 13.6. The third-order valence-electron chi connectivity index (χ3n) is 8.14. The summed E-state index contributed by atoms with van der Waals surface area (Å²) in [6.07, 6.45) is 12.2. The van der Waals surface area contributed by atoms with E-state index < -0.39 is 0 Å². The maximum atomic E-state index is 5.85. The summed E-state index contributed by atoms with van der Waals surface area (Å²) in [7, 11) is 0. The first-order chi connectivity index (χ1) is 16.4. The lowest BCUT2D eigenvalue weighted by molar-refractivity contribution is 0.131. The van der Waals surface area contributed by atoms with Crippen LogP contribution in [0, 0.1) is 17.3 Å². The van der Waals surface area contributed by atoms with Crippen molar-refractivity contribution in [3.63, 3.8) is 0 Å². The van der Waals surface area contributed by atoms with Crippen LogP contribution < -0.4 is 0 Å². The summed E-state index contributed by atoms with van der Waals surface area (Å²) in [5, 5.41) is 2.72. The number of nitrogens with zero attached hydrogens (tertiary/aromatic N) is 1. The van der Waals surface area contributed by atoms with E-state index in [1.165, 1.54) is 66.2 Å². The number of rotatable bonds is 6. The Morgan fingerprint density at radius 2 is 1.65 bits per heavy atom. The number of ether oxygens (including phenoxy) is 1. The normalized spacial score (nSPS) is 21.1. The molecular weight excluding hydrogens is 414 g/mol. The molecule has 184 valence electrons. The zero-order valence-corrected chi connectivity index (χ0v) is 22.2. The van der Waals surface area contributed by atoms with Gasteiger partial charge in [0.2, 0.25) is 0 Å². The Hall–Kier alpha value is -2.06. The third kappa shape index (κ3) is 6.33. The average Bonchev–Trinajstić information content (AvgIpc) is 2.83. The quantitative estimate of drug-likeness (QED) is 0.401. The average molecular weight is 460 g/mol. The van der Waals surface area contributed by atoms with Crippen LogP contribution in [-0.4, -0.2) is 24.6 Å². The number of benzene rings is 2. The van der Waals surface area contributed by atoms with E-state index >= 15 is 0 Å². The fourth-order valence-electron chi connectivity index (χ4n) is 5.97. The highest BCUT2D eigenvalue weighted by Gasteiger charge is 2.27. The Kier molecular flexibility index (Phi) is 8.19. The maximum absolute atomic E-state index is 5.85. The molecule has 2 nitrogen and oxygen atoms in total. The van der Waals surface area contributed by atoms with Gasteiger partial charge in [0.1, 0.15) is 0 Å². The highest BCUT2D eigenvalue weighted by Crippen LogP contribution is 2.40. The molecule has 0 spiro atoms. The molecule has 0 atom stereocenters. The monoisotopic (exact) mass is 459 g/mol. The van der Waals surface area contributed by atoms with Crippen molar-refractivity contribution >= 4 is 16.8 Å². The molecule has 1 aliphatic heterocycles. The second-order valence-corrected chi connectivity index (χ2v) is 11.6. The molecule has 1 saturated carbocycles. The van der Waals surface area contributed by atoms with Crippen LogP contribution in [0.4, 0.5) is 0 Å². The minimum Gasteiger partial charge on any atom is -0.498 e. The molecule has 2 fully saturated rings. The van der Waals surface area contributed by atoms with Gasteiger partial charge in [-0.05, 0) is 117 Å². The van der Waals surface area contributed by atoms with Crippen LogP contribution in [0.15, 0.2) is 53.8 Å². The van der Waals surface area contributed by atoms with E-state index in [1.807, 2.05) is 0 Å². The summed E-state index contributed by atoms with van der Waals surface area (Å²) < 4.78 is 5.85. The van der Waals surface area contributed by atoms with Crippen molar-refractivity contribution in [3.8, 4) is 0 Å². The van der Waals surface area contributed by atoms with Gasteiger partial charge < -0.3 is 4.74 Å². The van der Waals surface area contributed by atoms with Crippen LogP contribution in [0.5, 0.6) is 0 Å². The molecule has 2 aliphatic rings. The van der Waals surface area contributed by atoms with Crippen molar-refractivity contribution in [1.29, 1.82) is 0 Å². The largest absolute Gasteiger partial charge is 0.498 e. The molecule has 0 aromatic heterocycles. The molecule has 1 heterocycles. The molecule has 0 amide bonds. The molecule has 4 rings (SSSR count). The summed E-state index contributed by atoms with van der Waals surface area (Å²) in [5.74, 6) is 2.65. The van der Waals surface area contributed by atoms with Gasteiger partial charge in [0.15, 0.2) is 0 Å². The van der Waals surface area contributed by atoms with Crippen LogP contribution >= 0.6 is 0 Å². The SMILES string of the molecule is CC=C(OCC)C1CCN(Cc2ccc3cc(C=C4CCC(C(C)(C)C)CC4)ccc3c2)CC1. The molecule has 2 aromatic rings. The minimum atomic E-state index is 0.445. The molecule has 1 aliphatic carbocycles. The topological polar surface area (TPSA) is 12.5 Å². The second kappa shape index (κ2) is 11.1. The van der Waals surface area contributed by atoms with E-state index in [4.69, 9.17) is 4.74 Å². The van der Waals surface area contributed by atoms with Crippen LogP contribution in [0.1, 0.15) is 84.3 Å². The van der Waals surface area contributed by atoms with Gasteiger partial charge in [-0.3, -0.25) is 4.90 Å². The lowest BCUT2D eigenvalue weighted by atomic mass is 9.71. The molecule has 2 heteroatoms. The number of hydrogen-bond donors (Lipinski definition) is 0. The predicted molar refractivity (Wildman–Crippen MR) is 147 cm³/mol. The van der Waals surface area contributed by atoms with Gasteiger partial charge in [0.05, 0.1) is 12.4 Å². The van der Waals surface area contributed by atoms with Gasteiger partial charge in [-0.1, -0.05) is 56.7 Å². The van der Waals surface area contributed by atoms with Crippen molar-refractivity contribution in [1.82, 2.24) is 4.90 Å². The number of allylic oxidation sites excluding steroid dienone is 3. The zero-order chi connectivity index (χ0) is 24.1. The van der Waals surface area contributed by atoms with Crippen LogP contribution in [-0.2, 0) is 11.3 Å². The van der Waals surface area contributed by atoms with Gasteiger partial charge in [0, 0.05) is 12.5 Å². The second-order valence-electron chi connectivity index (χ2n) is 11.6. The summed E-state index contributed by atoms with van der Waals surface area (Å²) in [6, 6.07) is 14.1. The van der Waals surface area contributed by atoms with E-state index in [9.17, 15) is 0 Å². The zero-order valence-electron chi connectivity index (χ0n) is 22.2. The Morgan fingerprint density at radius 3 is 2.29 bits per heavy atom. The predicted octanol–water partition coefficient (Wildman–Crippen LogP) is 8.61. The van der Waals surface area contributed by atoms with E-state index in [0.29, 0.717) is 11.3 Å². The van der Waals surface area contributed by atoms with Gasteiger partial charge in [-0.2, -0.15) is 0 Å². The smallest absolute Gasteiger partial charge is 0.0948 e. The van der Waals surface area contributed by atoms with Crippen LogP contribution in [0.25, 0.3) is 16.8 Å². The van der Waals surface area contributed by atoms with Gasteiger partial charge >= 0.3 is 0 Å². The van der Waals surface area contributed by atoms with Gasteiger partial charge in [-0.15, -0.1) is 0 Å². The van der Waals surface area contributed by atoms with E-state index in [0.717, 1.165) is 32.2 Å². The van der Waals surface area contributed by atoms with Crippen molar-refractivity contribution in [2.24, 2.45) is 17.3 Å². The van der Waals surface area contributed by atoms with Crippen molar-refractivity contribution < 1.29 is 4.74 Å². The van der Waals surface area contributed by atoms with Crippen molar-refractivity contribution in [2.75, 3.05) is 19.7 Å². The lowest BCUT2D eigenvalue weighted by Crippen LogP contribution is -2.34. The summed E-state index contributed by atoms with van der Waals surface area (Å²) in [6.45, 7) is 15.5. The first kappa shape index (κ1) is 25.0. The minimum absolute atomic E-state index is 0.445. The maximum Gasteiger partial charge on any atom is 0.0948 e. The summed E-state index contributed by atoms with van der Waals surface area (Å²) in [5.41, 5.74) is 4.86. The lowest BCUT2D eigenvalue weighted by Gasteiger charge is -2.34. The molecule has 1 saturated heterocycles. The van der Waals surface area contributed by atoms with Gasteiger partial charge in [-0.25, -0.2) is 0 Å². The molecule has 0 bridgehead atoms. The molecular formula is C32H45NO. The van der Waals surface area contributed by atoms with Crippen LogP contribution in [0.2, 0.25) is 0 Å². The number of likely N-dealkylation sites (tertiary alicyclic amines) is 1. The molecule has 0 unspecified atom stereocenters. The van der Waals surface area contributed by atoms with E-state index in [1.54, 1.807) is 5.57 Å². The molecule has 2 aromatic carbocycles. The summed E-state index contributed by atoms with van der Waals surface area (Å²) >= 11 is 0. The first-order valence-electron chi connectivity index (χ1n) is 13.6. The molecule has 0 radical (unpaired) electrons. The Bertz CT molecular complexity index is 1010. The number of fused-ring (bicyclic) bond motifs is 1. The summed E-state index contributed by atoms with van der Waals surface area (Å²) in [4.78, 5) is 2.60. The highest BCUT2D eigenvalue weighted by molar-refractivity contribution is 5.85. The van der Waals surface area contributed by atoms with Crippen LogP contribution in [0.3, 0.4) is 0 Å². The highest BCUT2D eigenvalue weighted by atomic mass is 16.5. The Morgan fingerprint density at radius 1 is 0.971 bits per heavy atom. The number of piperidine rings is 1. The third-order valence-corrected chi connectivity index (χ3v) is 8.14. The van der Waals surface area contributed by atoms with E-state index in [-0.39, 0.29) is 0 Å². The molecule has 34 heavy (non-hydrogen) atoms. The standard InChI is InChI=1S/C32H45NO/c1-6-31(34-7-2)27-16-18-33(19-17-27)23-26-9-13-28-21-25(8-12-29(28)22-26)20-24-10-14-30(15-11-24)32(3,4)5/h6,8-9,12-13,20-22,27,30H,7,10-11,14-19,23H2,1-5H3. The number of hydrogen-bond acceptors (Lipinski definition) is 2. The van der Waals surface area contributed by atoms with Crippen molar-refractivity contribution in [3.05, 3.63) is 64.9 Å².